The van der Waals surface area contributed by atoms with Crippen molar-refractivity contribution in [2.24, 2.45) is 0 Å². The summed E-state index contributed by atoms with van der Waals surface area (Å²) in [4.78, 5) is 33.1. The smallest absolute Gasteiger partial charge is 0.497 e. The first-order chi connectivity index (χ1) is 32.7. The third-order valence-corrected chi connectivity index (χ3v) is 11.0. The molecule has 0 N–H and O–H groups in total. The van der Waals surface area contributed by atoms with Gasteiger partial charge >= 0.3 is 18.3 Å². The summed E-state index contributed by atoms with van der Waals surface area (Å²) >= 11 is 0. The molecule has 0 aliphatic rings. The van der Waals surface area contributed by atoms with Crippen molar-refractivity contribution >= 4 is 18.3 Å². The second-order valence-electron chi connectivity index (χ2n) is 17.6. The first-order valence-electron chi connectivity index (χ1n) is 22.7. The molecule has 0 aliphatic heterocycles. The van der Waals surface area contributed by atoms with Crippen LogP contribution in [0.25, 0.3) is 0 Å². The molecule has 11 heteroatoms. The molecular formula is C58H70O11. The van der Waals surface area contributed by atoms with E-state index in [0.29, 0.717) is 22.6 Å². The Bertz CT molecular complexity index is 2370. The maximum absolute atomic E-state index is 11.6. The maximum Gasteiger partial charge on any atom is 0.516 e. The van der Waals surface area contributed by atoms with Crippen molar-refractivity contribution in [1.82, 2.24) is 0 Å². The van der Waals surface area contributed by atoms with Crippen LogP contribution in [0, 0.1) is 41.5 Å². The number of esters is 1. The van der Waals surface area contributed by atoms with Gasteiger partial charge in [0.05, 0.1) is 14.2 Å². The normalized spacial score (nSPS) is 10.5. The molecule has 0 amide bonds. The largest absolute Gasteiger partial charge is 0.516 e. The average Bonchev–Trinajstić information content (AvgIpc) is 3.32. The summed E-state index contributed by atoms with van der Waals surface area (Å²) < 4.78 is 38.7. The van der Waals surface area contributed by atoms with Crippen LogP contribution in [0.3, 0.4) is 0 Å². The van der Waals surface area contributed by atoms with Crippen LogP contribution >= 0.6 is 0 Å². The van der Waals surface area contributed by atoms with Crippen LogP contribution in [0.1, 0.15) is 98.0 Å². The Kier molecular flexibility index (Phi) is 22.4. The third kappa shape index (κ3) is 19.5. The topological polar surface area (TPSA) is 125 Å². The summed E-state index contributed by atoms with van der Waals surface area (Å²) in [6.45, 7) is 22.9. The summed E-state index contributed by atoms with van der Waals surface area (Å²) in [7, 11) is 3.22. The van der Waals surface area contributed by atoms with Crippen LogP contribution in [0.15, 0.2) is 133 Å². The molecule has 0 unspecified atom stereocenters. The lowest BCUT2D eigenvalue weighted by molar-refractivity contribution is -0.151. The van der Waals surface area contributed by atoms with Crippen molar-refractivity contribution in [3.8, 4) is 28.7 Å². The lowest BCUT2D eigenvalue weighted by atomic mass is 9.74. The SMILES string of the molecule is CCC(C)(c1ccc(C)cc1)c1ccc(C)cc1.COc1cc(C)c(OC(=O)OCOC(=O)OCOC(C)=O)c(C)c1.COc1ccc(C(C)(C)C)cc1.Cc1ccc(Oc2ccc(C)cc2)cc1. The van der Waals surface area contributed by atoms with E-state index in [0.717, 1.165) is 30.6 Å². The number of benzene rings is 6. The average molecular weight is 943 g/mol. The minimum absolute atomic E-state index is 0.112. The molecule has 0 aromatic heterocycles. The fourth-order valence-corrected chi connectivity index (χ4v) is 6.49. The Morgan fingerprint density at radius 2 is 0.797 bits per heavy atom. The molecule has 6 aromatic carbocycles. The zero-order valence-electron chi connectivity index (χ0n) is 42.8. The van der Waals surface area contributed by atoms with Crippen LogP contribution in [-0.4, -0.2) is 46.1 Å². The highest BCUT2D eigenvalue weighted by molar-refractivity contribution is 5.67. The molecule has 0 saturated heterocycles. The molecular weight excluding hydrogens is 873 g/mol. The minimum atomic E-state index is -1.17. The van der Waals surface area contributed by atoms with Crippen molar-refractivity contribution in [3.63, 3.8) is 0 Å². The molecule has 0 fully saturated rings. The maximum atomic E-state index is 11.6. The van der Waals surface area contributed by atoms with Gasteiger partial charge in [0.2, 0.25) is 13.6 Å². The van der Waals surface area contributed by atoms with Crippen molar-refractivity contribution in [2.45, 2.75) is 100 Å². The molecule has 11 nitrogen and oxygen atoms in total. The van der Waals surface area contributed by atoms with Crippen LogP contribution in [-0.2, 0) is 34.6 Å². The monoisotopic (exact) mass is 942 g/mol. The predicted molar refractivity (Wildman–Crippen MR) is 272 cm³/mol. The van der Waals surface area contributed by atoms with E-state index in [9.17, 15) is 14.4 Å². The Labute approximate surface area is 409 Å². The van der Waals surface area contributed by atoms with Gasteiger partial charge in [-0.2, -0.15) is 0 Å². The first-order valence-corrected chi connectivity index (χ1v) is 22.7. The van der Waals surface area contributed by atoms with Gasteiger partial charge in [-0.1, -0.05) is 142 Å². The molecule has 6 rings (SSSR count). The summed E-state index contributed by atoms with van der Waals surface area (Å²) in [5.74, 6) is 3.01. The van der Waals surface area contributed by atoms with E-state index in [-0.39, 0.29) is 10.8 Å². The molecule has 0 saturated carbocycles. The lowest BCUT2D eigenvalue weighted by Gasteiger charge is -2.30. The Morgan fingerprint density at radius 1 is 0.449 bits per heavy atom. The van der Waals surface area contributed by atoms with Crippen molar-refractivity contribution < 1.29 is 52.3 Å². The minimum Gasteiger partial charge on any atom is -0.497 e. The van der Waals surface area contributed by atoms with Gasteiger partial charge in [-0.05, 0) is 130 Å². The van der Waals surface area contributed by atoms with Gasteiger partial charge in [-0.25, -0.2) is 9.59 Å². The summed E-state index contributed by atoms with van der Waals surface area (Å²) in [5, 5.41) is 0. The van der Waals surface area contributed by atoms with Crippen LogP contribution < -0.4 is 18.9 Å². The number of aryl methyl sites for hydroxylation is 6. The lowest BCUT2D eigenvalue weighted by Crippen LogP contribution is -2.22. The van der Waals surface area contributed by atoms with E-state index in [1.165, 1.54) is 46.1 Å². The standard InChI is InChI=1S/C18H22.C15H18O9.C14H14O.C11H16O/c1-5-18(4,16-10-6-14(2)7-11-16)17-12-8-15(3)9-13-17;1-9-5-12(19-4)6-10(2)13(9)24-15(18)23-8-22-14(17)21-7-20-11(3)16;1-11-3-7-13(8-4-11)15-14-9-5-12(2)6-10-14;1-11(2,3)9-5-7-10(12-4)8-6-9/h6-13H,5H2,1-4H3;5-6H,7-8H2,1-4H3;3-10H,1-2H3;5-8H,1-4H3. The molecule has 6 aromatic rings. The van der Waals surface area contributed by atoms with Crippen molar-refractivity contribution in [2.75, 3.05) is 27.8 Å². The molecule has 0 atom stereocenters. The Hall–Kier alpha value is -7.27. The number of hydrogen-bond acceptors (Lipinski definition) is 11. The highest BCUT2D eigenvalue weighted by Crippen LogP contribution is 2.35. The molecule has 0 spiro atoms. The number of rotatable bonds is 12. The predicted octanol–water partition coefficient (Wildman–Crippen LogP) is 14.6. The molecule has 0 radical (unpaired) electrons. The summed E-state index contributed by atoms with van der Waals surface area (Å²) in [5.41, 5.74) is 11.0. The first kappa shape index (κ1) is 56.1. The molecule has 0 aliphatic carbocycles. The quantitative estimate of drug-likeness (QED) is 0.0661. The van der Waals surface area contributed by atoms with E-state index in [1.54, 1.807) is 33.1 Å². The highest BCUT2D eigenvalue weighted by atomic mass is 16.8. The van der Waals surface area contributed by atoms with Crippen molar-refractivity contribution in [3.05, 3.63) is 184 Å². The molecule has 69 heavy (non-hydrogen) atoms. The highest BCUT2D eigenvalue weighted by Gasteiger charge is 2.26. The second kappa shape index (κ2) is 27.5. The van der Waals surface area contributed by atoms with Gasteiger partial charge in [-0.15, -0.1) is 0 Å². The number of ether oxygens (including phenoxy) is 8. The van der Waals surface area contributed by atoms with E-state index in [2.05, 4.69) is 142 Å². The number of methoxy groups -OCH3 is 2. The Morgan fingerprint density at radius 3 is 1.16 bits per heavy atom. The van der Waals surface area contributed by atoms with Crippen LogP contribution in [0.5, 0.6) is 28.7 Å². The van der Waals surface area contributed by atoms with Crippen LogP contribution in [0.2, 0.25) is 0 Å². The molecule has 368 valence electrons. The van der Waals surface area contributed by atoms with E-state index in [4.69, 9.17) is 18.9 Å². The van der Waals surface area contributed by atoms with E-state index < -0.39 is 31.9 Å². The fourth-order valence-electron chi connectivity index (χ4n) is 6.49. The van der Waals surface area contributed by atoms with E-state index in [1.807, 2.05) is 60.7 Å². The Balaban J connectivity index is 0.000000251. The second-order valence-corrected chi connectivity index (χ2v) is 17.6. The number of carbonyl (C=O) groups is 3. The third-order valence-electron chi connectivity index (χ3n) is 11.0. The van der Waals surface area contributed by atoms with Gasteiger partial charge in [0.1, 0.15) is 28.7 Å². The van der Waals surface area contributed by atoms with Gasteiger partial charge in [-0.3, -0.25) is 4.79 Å². The number of carbonyl (C=O) groups excluding carboxylic acids is 3. The fraction of sp³-hybridized carbons (Fsp3) is 0.328. The summed E-state index contributed by atoms with van der Waals surface area (Å²) in [6.07, 6.45) is -1.11. The van der Waals surface area contributed by atoms with Gasteiger partial charge in [0, 0.05) is 12.3 Å². The van der Waals surface area contributed by atoms with Crippen molar-refractivity contribution in [1.29, 1.82) is 0 Å². The number of hydrogen-bond donors (Lipinski definition) is 0. The zero-order chi connectivity index (χ0) is 51.1. The van der Waals surface area contributed by atoms with Gasteiger partial charge in [0.15, 0.2) is 0 Å². The molecule has 0 bridgehead atoms. The molecule has 0 heterocycles. The summed E-state index contributed by atoms with van der Waals surface area (Å²) in [6, 6.07) is 45.6. The van der Waals surface area contributed by atoms with E-state index >= 15 is 0 Å². The van der Waals surface area contributed by atoms with Crippen LogP contribution in [0.4, 0.5) is 9.59 Å². The van der Waals surface area contributed by atoms with Gasteiger partial charge < -0.3 is 37.9 Å². The zero-order valence-corrected chi connectivity index (χ0v) is 42.8. The van der Waals surface area contributed by atoms with Gasteiger partial charge in [0.25, 0.3) is 0 Å².